The van der Waals surface area contributed by atoms with Gasteiger partial charge in [-0.25, -0.2) is 0 Å². The van der Waals surface area contributed by atoms with Crippen LogP contribution in [-0.4, -0.2) is 30.6 Å². The van der Waals surface area contributed by atoms with Crippen LogP contribution in [0.5, 0.6) is 0 Å². The summed E-state index contributed by atoms with van der Waals surface area (Å²) in [5.74, 6) is 0.791. The van der Waals surface area contributed by atoms with E-state index in [4.69, 9.17) is 0 Å². The molecule has 0 amide bonds. The molecule has 0 bridgehead atoms. The summed E-state index contributed by atoms with van der Waals surface area (Å²) in [6, 6.07) is 12.4. The standard InChI is InChI=1S/C15H22N2/c1-12-10-16-11-15(12)17-9-5-8-14(17)13-6-3-2-4-7-13/h2-4,6-7,12,14-16H,5,8-11H2,1H3. The van der Waals surface area contributed by atoms with Crippen molar-refractivity contribution in [3.63, 3.8) is 0 Å². The molecule has 0 aliphatic carbocycles. The van der Waals surface area contributed by atoms with Crippen LogP contribution in [0.3, 0.4) is 0 Å². The SMILES string of the molecule is CC1CNCC1N1CCCC1c1ccccc1. The van der Waals surface area contributed by atoms with Gasteiger partial charge in [-0.1, -0.05) is 37.3 Å². The lowest BCUT2D eigenvalue weighted by Gasteiger charge is -2.32. The third kappa shape index (κ3) is 2.12. The van der Waals surface area contributed by atoms with Crippen molar-refractivity contribution in [1.29, 1.82) is 0 Å². The number of nitrogens with one attached hydrogen (secondary N) is 1. The Morgan fingerprint density at radius 2 is 2.00 bits per heavy atom. The Bertz CT molecular complexity index is 362. The van der Waals surface area contributed by atoms with Gasteiger partial charge in [0.2, 0.25) is 0 Å². The molecule has 3 atom stereocenters. The van der Waals surface area contributed by atoms with Gasteiger partial charge in [0.25, 0.3) is 0 Å². The lowest BCUT2D eigenvalue weighted by atomic mass is 10.00. The maximum Gasteiger partial charge on any atom is 0.0352 e. The van der Waals surface area contributed by atoms with Gasteiger partial charge >= 0.3 is 0 Å². The van der Waals surface area contributed by atoms with Crippen LogP contribution in [0, 0.1) is 5.92 Å². The maximum atomic E-state index is 3.53. The second-order valence-corrected chi connectivity index (χ2v) is 5.51. The molecule has 2 fully saturated rings. The van der Waals surface area contributed by atoms with Gasteiger partial charge in [0.05, 0.1) is 0 Å². The van der Waals surface area contributed by atoms with Crippen LogP contribution in [-0.2, 0) is 0 Å². The van der Waals surface area contributed by atoms with Crippen LogP contribution >= 0.6 is 0 Å². The van der Waals surface area contributed by atoms with Crippen LogP contribution in [0.25, 0.3) is 0 Å². The Balaban J connectivity index is 1.80. The second-order valence-electron chi connectivity index (χ2n) is 5.51. The molecule has 0 spiro atoms. The van der Waals surface area contributed by atoms with Gasteiger partial charge in [-0.3, -0.25) is 4.90 Å². The number of hydrogen-bond acceptors (Lipinski definition) is 2. The smallest absolute Gasteiger partial charge is 0.0352 e. The van der Waals surface area contributed by atoms with Gasteiger partial charge in [-0.2, -0.15) is 0 Å². The van der Waals surface area contributed by atoms with Crippen molar-refractivity contribution >= 4 is 0 Å². The Morgan fingerprint density at radius 1 is 1.18 bits per heavy atom. The minimum Gasteiger partial charge on any atom is -0.315 e. The zero-order chi connectivity index (χ0) is 11.7. The predicted octanol–water partition coefficient (Wildman–Crippen LogP) is 2.43. The molecule has 2 aliphatic heterocycles. The molecule has 2 heteroatoms. The van der Waals surface area contributed by atoms with E-state index in [1.807, 2.05) is 0 Å². The molecule has 2 heterocycles. The summed E-state index contributed by atoms with van der Waals surface area (Å²) >= 11 is 0. The van der Waals surface area contributed by atoms with Crippen molar-refractivity contribution in [2.24, 2.45) is 5.92 Å². The van der Waals surface area contributed by atoms with E-state index in [9.17, 15) is 0 Å². The number of rotatable bonds is 2. The second kappa shape index (κ2) is 4.79. The molecule has 1 N–H and O–H groups in total. The molecule has 0 aromatic heterocycles. The van der Waals surface area contributed by atoms with Gasteiger partial charge in [-0.05, 0) is 37.4 Å². The minimum atomic E-state index is 0.656. The summed E-state index contributed by atoms with van der Waals surface area (Å²) in [7, 11) is 0. The zero-order valence-corrected chi connectivity index (χ0v) is 10.6. The molecule has 2 nitrogen and oxygen atoms in total. The lowest BCUT2D eigenvalue weighted by molar-refractivity contribution is 0.163. The molecule has 2 saturated heterocycles. The van der Waals surface area contributed by atoms with Crippen molar-refractivity contribution < 1.29 is 0 Å². The third-order valence-corrected chi connectivity index (χ3v) is 4.38. The average Bonchev–Trinajstić information content (AvgIpc) is 2.98. The topological polar surface area (TPSA) is 15.3 Å². The van der Waals surface area contributed by atoms with Gasteiger partial charge in [0.15, 0.2) is 0 Å². The Labute approximate surface area is 104 Å². The van der Waals surface area contributed by atoms with Gasteiger partial charge in [0.1, 0.15) is 0 Å². The summed E-state index contributed by atoms with van der Waals surface area (Å²) in [6.45, 7) is 6.01. The maximum absolute atomic E-state index is 3.53. The molecule has 1 aromatic carbocycles. The highest BCUT2D eigenvalue weighted by Crippen LogP contribution is 2.35. The van der Waals surface area contributed by atoms with Gasteiger partial charge in [0, 0.05) is 18.6 Å². The van der Waals surface area contributed by atoms with E-state index >= 15 is 0 Å². The fourth-order valence-corrected chi connectivity index (χ4v) is 3.46. The largest absolute Gasteiger partial charge is 0.315 e. The van der Waals surface area contributed by atoms with Crippen molar-refractivity contribution in [2.75, 3.05) is 19.6 Å². The number of nitrogens with zero attached hydrogens (tertiary/aromatic N) is 1. The molecular weight excluding hydrogens is 208 g/mol. The molecule has 17 heavy (non-hydrogen) atoms. The highest BCUT2D eigenvalue weighted by molar-refractivity contribution is 5.20. The predicted molar refractivity (Wildman–Crippen MR) is 70.9 cm³/mol. The summed E-state index contributed by atoms with van der Waals surface area (Å²) in [4.78, 5) is 2.74. The van der Waals surface area contributed by atoms with Gasteiger partial charge in [-0.15, -0.1) is 0 Å². The van der Waals surface area contributed by atoms with Crippen LogP contribution in [0.2, 0.25) is 0 Å². The van der Waals surface area contributed by atoms with E-state index in [1.165, 1.54) is 38.0 Å². The van der Waals surface area contributed by atoms with E-state index in [-0.39, 0.29) is 0 Å². The molecular formula is C15H22N2. The Hall–Kier alpha value is -0.860. The van der Waals surface area contributed by atoms with Crippen molar-refractivity contribution in [3.05, 3.63) is 35.9 Å². The van der Waals surface area contributed by atoms with E-state index in [1.54, 1.807) is 0 Å². The number of likely N-dealkylation sites (tertiary alicyclic amines) is 1. The first kappa shape index (κ1) is 11.2. The normalized spacial score (nSPS) is 34.3. The molecule has 0 radical (unpaired) electrons. The molecule has 92 valence electrons. The fourth-order valence-electron chi connectivity index (χ4n) is 3.46. The van der Waals surface area contributed by atoms with E-state index in [0.717, 1.165) is 12.0 Å². The summed E-state index contributed by atoms with van der Waals surface area (Å²) in [5.41, 5.74) is 1.50. The first-order chi connectivity index (χ1) is 8.36. The van der Waals surface area contributed by atoms with Crippen molar-refractivity contribution in [3.8, 4) is 0 Å². The molecule has 1 aromatic rings. The first-order valence-electron chi connectivity index (χ1n) is 6.87. The van der Waals surface area contributed by atoms with Crippen molar-refractivity contribution in [1.82, 2.24) is 10.2 Å². The van der Waals surface area contributed by atoms with Crippen LogP contribution in [0.4, 0.5) is 0 Å². The summed E-state index contributed by atoms with van der Waals surface area (Å²) < 4.78 is 0. The summed E-state index contributed by atoms with van der Waals surface area (Å²) in [5, 5.41) is 3.53. The van der Waals surface area contributed by atoms with Crippen molar-refractivity contribution in [2.45, 2.75) is 31.8 Å². The lowest BCUT2D eigenvalue weighted by Crippen LogP contribution is -2.39. The van der Waals surface area contributed by atoms with E-state index in [2.05, 4.69) is 47.5 Å². The quantitative estimate of drug-likeness (QED) is 0.839. The van der Waals surface area contributed by atoms with Crippen LogP contribution < -0.4 is 5.32 Å². The highest BCUT2D eigenvalue weighted by atomic mass is 15.2. The first-order valence-corrected chi connectivity index (χ1v) is 6.87. The van der Waals surface area contributed by atoms with E-state index < -0.39 is 0 Å². The Kier molecular flexibility index (Phi) is 3.17. The van der Waals surface area contributed by atoms with Crippen LogP contribution in [0.15, 0.2) is 30.3 Å². The average molecular weight is 230 g/mol. The molecule has 2 aliphatic rings. The zero-order valence-electron chi connectivity index (χ0n) is 10.6. The number of benzene rings is 1. The highest BCUT2D eigenvalue weighted by Gasteiger charge is 2.36. The van der Waals surface area contributed by atoms with Gasteiger partial charge < -0.3 is 5.32 Å². The molecule has 3 unspecified atom stereocenters. The van der Waals surface area contributed by atoms with E-state index in [0.29, 0.717) is 6.04 Å². The fraction of sp³-hybridized carbons (Fsp3) is 0.600. The summed E-state index contributed by atoms with van der Waals surface area (Å²) in [6.07, 6.45) is 2.68. The third-order valence-electron chi connectivity index (χ3n) is 4.38. The van der Waals surface area contributed by atoms with Crippen LogP contribution in [0.1, 0.15) is 31.4 Å². The number of hydrogen-bond donors (Lipinski definition) is 1. The monoisotopic (exact) mass is 230 g/mol. The molecule has 0 saturated carbocycles. The Morgan fingerprint density at radius 3 is 2.71 bits per heavy atom. The molecule has 3 rings (SSSR count). The minimum absolute atomic E-state index is 0.656.